The van der Waals surface area contributed by atoms with Crippen LogP contribution in [0.4, 0.5) is 0 Å². The number of halogens is 1. The van der Waals surface area contributed by atoms with Gasteiger partial charge in [-0.3, -0.25) is 0 Å². The van der Waals surface area contributed by atoms with Crippen molar-refractivity contribution in [2.24, 2.45) is 0 Å². The first-order chi connectivity index (χ1) is 7.72. The highest BCUT2D eigenvalue weighted by molar-refractivity contribution is 9.10. The van der Waals surface area contributed by atoms with Crippen molar-refractivity contribution in [1.82, 2.24) is 0 Å². The van der Waals surface area contributed by atoms with Crippen LogP contribution in [0.15, 0.2) is 46.9 Å². The second-order valence-corrected chi connectivity index (χ2v) is 4.19. The minimum Gasteiger partial charge on any atom is -0.506 e. The molecule has 0 amide bonds. The molecule has 1 N–H and O–H groups in total. The van der Waals surface area contributed by atoms with Crippen LogP contribution in [0.25, 0.3) is 11.1 Å². The summed E-state index contributed by atoms with van der Waals surface area (Å²) in [5.74, 6) is 0.158. The molecule has 0 heterocycles. The Labute approximate surface area is 102 Å². The van der Waals surface area contributed by atoms with E-state index in [9.17, 15) is 5.11 Å². The fraction of sp³-hybridized carbons (Fsp3) is 0. The van der Waals surface area contributed by atoms with E-state index >= 15 is 0 Å². The summed E-state index contributed by atoms with van der Waals surface area (Å²) in [7, 11) is 0. The number of hydrogen-bond acceptors (Lipinski definition) is 2. The maximum absolute atomic E-state index is 9.91. The van der Waals surface area contributed by atoms with Gasteiger partial charge in [-0.05, 0) is 33.6 Å². The van der Waals surface area contributed by atoms with Crippen molar-refractivity contribution in [3.05, 3.63) is 52.5 Å². The lowest BCUT2D eigenvalue weighted by atomic mass is 10.0. The van der Waals surface area contributed by atoms with Gasteiger partial charge in [0.2, 0.25) is 0 Å². The van der Waals surface area contributed by atoms with E-state index in [2.05, 4.69) is 22.0 Å². The normalized spacial score (nSPS) is 9.75. The first kappa shape index (κ1) is 10.7. The second kappa shape index (κ2) is 4.38. The fourth-order valence-corrected chi connectivity index (χ4v) is 1.96. The Morgan fingerprint density at radius 1 is 1.12 bits per heavy atom. The zero-order chi connectivity index (χ0) is 11.5. The molecule has 0 aliphatic carbocycles. The lowest BCUT2D eigenvalue weighted by Gasteiger charge is -2.07. The predicted octanol–water partition coefficient (Wildman–Crippen LogP) is 3.69. The van der Waals surface area contributed by atoms with E-state index in [0.717, 1.165) is 5.56 Å². The van der Waals surface area contributed by atoms with Gasteiger partial charge in [0.1, 0.15) is 5.75 Å². The van der Waals surface area contributed by atoms with Crippen molar-refractivity contribution in [2.75, 3.05) is 0 Å². The molecular weight excluding hydrogens is 266 g/mol. The first-order valence-electron chi connectivity index (χ1n) is 4.70. The second-order valence-electron chi connectivity index (χ2n) is 3.33. The largest absolute Gasteiger partial charge is 0.506 e. The van der Waals surface area contributed by atoms with Gasteiger partial charge in [-0.15, -0.1) is 0 Å². The van der Waals surface area contributed by atoms with Gasteiger partial charge >= 0.3 is 0 Å². The van der Waals surface area contributed by atoms with Crippen molar-refractivity contribution in [3.63, 3.8) is 0 Å². The summed E-state index contributed by atoms with van der Waals surface area (Å²) >= 11 is 3.23. The average Bonchev–Trinajstić information content (AvgIpc) is 2.33. The maximum Gasteiger partial charge on any atom is 0.137 e. The standard InChI is InChI=1S/C13H8BrNO/c14-12-7-9(8-15)6-11(13(12)16)10-4-2-1-3-5-10/h1-7,16H. The zero-order valence-electron chi connectivity index (χ0n) is 8.31. The average molecular weight is 274 g/mol. The van der Waals surface area contributed by atoms with E-state index in [0.29, 0.717) is 15.6 Å². The van der Waals surface area contributed by atoms with E-state index in [1.165, 1.54) is 0 Å². The van der Waals surface area contributed by atoms with Crippen LogP contribution in [-0.4, -0.2) is 5.11 Å². The number of nitriles is 1. The van der Waals surface area contributed by atoms with Crippen LogP contribution in [-0.2, 0) is 0 Å². The monoisotopic (exact) mass is 273 g/mol. The van der Waals surface area contributed by atoms with E-state index < -0.39 is 0 Å². The highest BCUT2D eigenvalue weighted by atomic mass is 79.9. The molecule has 3 heteroatoms. The molecule has 0 saturated carbocycles. The summed E-state index contributed by atoms with van der Waals surface area (Å²) in [5.41, 5.74) is 2.06. The molecule has 0 aliphatic heterocycles. The molecule has 78 valence electrons. The van der Waals surface area contributed by atoms with Crippen molar-refractivity contribution in [1.29, 1.82) is 5.26 Å². The highest BCUT2D eigenvalue weighted by Gasteiger charge is 2.09. The minimum absolute atomic E-state index is 0.158. The van der Waals surface area contributed by atoms with Crippen LogP contribution in [0.1, 0.15) is 5.56 Å². The molecule has 2 aromatic rings. The summed E-state index contributed by atoms with van der Waals surface area (Å²) in [6, 6.07) is 14.8. The molecule has 0 spiro atoms. The summed E-state index contributed by atoms with van der Waals surface area (Å²) in [6.07, 6.45) is 0. The van der Waals surface area contributed by atoms with Crippen LogP contribution in [0.5, 0.6) is 5.75 Å². The van der Waals surface area contributed by atoms with Crippen LogP contribution >= 0.6 is 15.9 Å². The molecular formula is C13H8BrNO. The van der Waals surface area contributed by atoms with Gasteiger partial charge in [-0.25, -0.2) is 0 Å². The predicted molar refractivity (Wildman–Crippen MR) is 66.0 cm³/mol. The lowest BCUT2D eigenvalue weighted by molar-refractivity contribution is 0.474. The molecule has 16 heavy (non-hydrogen) atoms. The molecule has 0 aromatic heterocycles. The van der Waals surface area contributed by atoms with Gasteiger partial charge < -0.3 is 5.11 Å². The Morgan fingerprint density at radius 2 is 1.81 bits per heavy atom. The molecule has 2 rings (SSSR count). The first-order valence-corrected chi connectivity index (χ1v) is 5.49. The molecule has 0 atom stereocenters. The summed E-state index contributed by atoms with van der Waals surface area (Å²) in [4.78, 5) is 0. The summed E-state index contributed by atoms with van der Waals surface area (Å²) in [6.45, 7) is 0. The number of nitrogens with zero attached hydrogens (tertiary/aromatic N) is 1. The van der Waals surface area contributed by atoms with Crippen LogP contribution in [0.2, 0.25) is 0 Å². The Balaban J connectivity index is 2.66. The van der Waals surface area contributed by atoms with Crippen molar-refractivity contribution >= 4 is 15.9 Å². The van der Waals surface area contributed by atoms with Crippen LogP contribution in [0.3, 0.4) is 0 Å². The minimum atomic E-state index is 0.158. The Kier molecular flexibility index (Phi) is 2.93. The molecule has 0 unspecified atom stereocenters. The van der Waals surface area contributed by atoms with Crippen LogP contribution in [0, 0.1) is 11.3 Å². The Bertz CT molecular complexity index is 558. The van der Waals surface area contributed by atoms with E-state index in [4.69, 9.17) is 5.26 Å². The van der Waals surface area contributed by atoms with Gasteiger partial charge in [0.15, 0.2) is 0 Å². The van der Waals surface area contributed by atoms with Gasteiger partial charge in [0, 0.05) is 5.56 Å². The van der Waals surface area contributed by atoms with Crippen molar-refractivity contribution < 1.29 is 5.11 Å². The van der Waals surface area contributed by atoms with Crippen LogP contribution < -0.4 is 0 Å². The van der Waals surface area contributed by atoms with Gasteiger partial charge in [0.05, 0.1) is 16.1 Å². The number of rotatable bonds is 1. The Morgan fingerprint density at radius 3 is 2.44 bits per heavy atom. The molecule has 0 aliphatic rings. The molecule has 0 bridgehead atoms. The zero-order valence-corrected chi connectivity index (χ0v) is 9.90. The third-order valence-corrected chi connectivity index (χ3v) is 2.88. The number of benzene rings is 2. The van der Waals surface area contributed by atoms with E-state index in [-0.39, 0.29) is 5.75 Å². The molecule has 2 aromatic carbocycles. The van der Waals surface area contributed by atoms with Gasteiger partial charge in [0.25, 0.3) is 0 Å². The number of hydrogen-bond donors (Lipinski definition) is 1. The smallest absolute Gasteiger partial charge is 0.137 e. The summed E-state index contributed by atoms with van der Waals surface area (Å²) in [5, 5.41) is 18.8. The lowest BCUT2D eigenvalue weighted by Crippen LogP contribution is -1.83. The molecule has 0 saturated heterocycles. The Hall–Kier alpha value is -1.79. The number of phenolic OH excluding ortho intramolecular Hbond substituents is 1. The number of aromatic hydroxyl groups is 1. The molecule has 0 radical (unpaired) electrons. The summed E-state index contributed by atoms with van der Waals surface area (Å²) < 4.78 is 0.533. The third-order valence-electron chi connectivity index (χ3n) is 2.28. The SMILES string of the molecule is N#Cc1cc(Br)c(O)c(-c2ccccc2)c1. The molecule has 0 fully saturated rings. The topological polar surface area (TPSA) is 44.0 Å². The molecule has 2 nitrogen and oxygen atoms in total. The van der Waals surface area contributed by atoms with Gasteiger partial charge in [-0.2, -0.15) is 5.26 Å². The van der Waals surface area contributed by atoms with Crippen molar-refractivity contribution in [2.45, 2.75) is 0 Å². The highest BCUT2D eigenvalue weighted by Crippen LogP contribution is 2.36. The van der Waals surface area contributed by atoms with Gasteiger partial charge in [-0.1, -0.05) is 30.3 Å². The fourth-order valence-electron chi connectivity index (χ4n) is 1.50. The quantitative estimate of drug-likeness (QED) is 0.861. The van der Waals surface area contributed by atoms with E-state index in [1.54, 1.807) is 12.1 Å². The van der Waals surface area contributed by atoms with E-state index in [1.807, 2.05) is 30.3 Å². The van der Waals surface area contributed by atoms with Crippen molar-refractivity contribution in [3.8, 4) is 22.9 Å². The third kappa shape index (κ3) is 1.93. The maximum atomic E-state index is 9.91. The number of phenols is 1.